The average molecular weight is 679 g/mol. The Morgan fingerprint density at radius 1 is 0.583 bits per heavy atom. The zero-order valence-corrected chi connectivity index (χ0v) is 25.8. The van der Waals surface area contributed by atoms with Gasteiger partial charge in [-0.2, -0.15) is 26.4 Å². The van der Waals surface area contributed by atoms with Gasteiger partial charge in [0.25, 0.3) is 11.6 Å². The van der Waals surface area contributed by atoms with E-state index in [9.17, 15) is 31.2 Å². The van der Waals surface area contributed by atoms with Gasteiger partial charge in [-0.1, -0.05) is 60.7 Å². The number of ketones is 3. The Kier molecular flexibility index (Phi) is 7.97. The summed E-state index contributed by atoms with van der Waals surface area (Å²) in [5.41, 5.74) is 16.9. The van der Waals surface area contributed by atoms with E-state index in [1.54, 1.807) is 18.2 Å². The van der Waals surface area contributed by atoms with Crippen LogP contribution in [0, 0.1) is 0 Å². The summed E-state index contributed by atoms with van der Waals surface area (Å²) < 4.78 is 66.2. The molecule has 0 bridgehead atoms. The Labute approximate surface area is 272 Å². The molecule has 4 aromatic rings. The number of benzene rings is 4. The van der Waals surface area contributed by atoms with Crippen LogP contribution in [-0.4, -0.2) is 55.2 Å². The molecule has 48 heavy (non-hydrogen) atoms. The molecule has 0 saturated heterocycles. The molecular weight excluding hydrogens is 661 g/mol. The highest BCUT2D eigenvalue weighted by atomic mass is 32.2. The van der Waals surface area contributed by atoms with Crippen molar-refractivity contribution in [1.29, 1.82) is 0 Å². The smallest absolute Gasteiger partial charge is 0.362 e. The lowest BCUT2D eigenvalue weighted by Crippen LogP contribution is -2.22. The van der Waals surface area contributed by atoms with Crippen LogP contribution in [0.1, 0.15) is 47.8 Å². The molecule has 0 spiro atoms. The first-order valence-corrected chi connectivity index (χ1v) is 16.6. The summed E-state index contributed by atoms with van der Waals surface area (Å²) in [6.45, 7) is 0. The highest BCUT2D eigenvalue weighted by Gasteiger charge is 2.35. The molecule has 0 unspecified atom stereocenters. The normalized spacial score (nSPS) is 13.7. The summed E-state index contributed by atoms with van der Waals surface area (Å²) >= 11 is 0. The van der Waals surface area contributed by atoms with Gasteiger partial charge in [0.2, 0.25) is 0 Å². The number of hydrogen-bond donors (Lipinski definition) is 0. The van der Waals surface area contributed by atoms with E-state index >= 15 is 0 Å². The molecule has 15 heteroatoms. The minimum Gasteiger partial charge on any atom is -0.375 e. The summed E-state index contributed by atoms with van der Waals surface area (Å²) in [6.07, 6.45) is 4.68. The second kappa shape index (κ2) is 12.1. The van der Waals surface area contributed by atoms with Crippen molar-refractivity contribution in [1.82, 2.24) is 0 Å². The van der Waals surface area contributed by atoms with E-state index in [-0.39, 0.29) is 44.8 Å². The first-order valence-electron chi connectivity index (χ1n) is 13.7. The molecule has 13 nitrogen and oxygen atoms in total. The third-order valence-corrected chi connectivity index (χ3v) is 9.88. The van der Waals surface area contributed by atoms with Crippen molar-refractivity contribution < 1.29 is 49.2 Å². The molecular formula is C33H18N4O9S2. The number of hydrogen-bond acceptors (Lipinski definition) is 9. The molecule has 0 heterocycles. The van der Waals surface area contributed by atoms with Gasteiger partial charge in [-0.05, 0) is 36.4 Å². The van der Waals surface area contributed by atoms with Crippen molar-refractivity contribution in [2.75, 3.05) is 0 Å². The van der Waals surface area contributed by atoms with Crippen LogP contribution in [0.3, 0.4) is 0 Å². The lowest BCUT2D eigenvalue weighted by molar-refractivity contribution is -0.00459. The van der Waals surface area contributed by atoms with Crippen molar-refractivity contribution in [3.05, 3.63) is 142 Å². The average Bonchev–Trinajstić information content (AvgIpc) is 3.09. The van der Waals surface area contributed by atoms with E-state index in [0.29, 0.717) is 0 Å². The summed E-state index contributed by atoms with van der Waals surface area (Å²) in [5.74, 6) is -3.72. The Morgan fingerprint density at radius 2 is 1.08 bits per heavy atom. The van der Waals surface area contributed by atoms with Gasteiger partial charge >= 0.3 is 31.7 Å². The zero-order chi connectivity index (χ0) is 34.2. The lowest BCUT2D eigenvalue weighted by Gasteiger charge is -2.18. The Hall–Kier alpha value is -6.37. The van der Waals surface area contributed by atoms with E-state index < -0.39 is 58.9 Å². The standard InChI is InChI=1S/C33H18N4O9S2/c34-36-25-17-15-20-22(31(25)39)9-5-13-28(20)47(41,42)45-27-12-4-11-24(30(38)19-7-2-1-3-8-19)33(27)46-48(43,44)29-14-6-10-23-21(29)16-18-26(37-35)32(23)40/h1-18H. The Morgan fingerprint density at radius 3 is 1.60 bits per heavy atom. The quantitative estimate of drug-likeness (QED) is 0.113. The van der Waals surface area contributed by atoms with Crippen LogP contribution in [0.4, 0.5) is 0 Å². The van der Waals surface area contributed by atoms with Crippen molar-refractivity contribution in [2.24, 2.45) is 0 Å². The largest absolute Gasteiger partial charge is 0.375 e. The van der Waals surface area contributed by atoms with Gasteiger partial charge < -0.3 is 19.4 Å². The molecule has 0 saturated carbocycles. The fourth-order valence-corrected chi connectivity index (χ4v) is 7.41. The molecule has 0 aromatic heterocycles. The molecule has 0 atom stereocenters. The van der Waals surface area contributed by atoms with E-state index in [1.165, 1.54) is 60.7 Å². The summed E-state index contributed by atoms with van der Waals surface area (Å²) in [7, 11) is -9.81. The van der Waals surface area contributed by atoms with E-state index in [2.05, 4.69) is 9.58 Å². The minimum atomic E-state index is -4.94. The third-order valence-electron chi connectivity index (χ3n) is 7.31. The lowest BCUT2D eigenvalue weighted by atomic mass is 9.95. The van der Waals surface area contributed by atoms with Crippen LogP contribution in [0.5, 0.6) is 11.5 Å². The summed E-state index contributed by atoms with van der Waals surface area (Å²) in [6, 6.07) is 18.7. The number of carbonyl (C=O) groups is 3. The Balaban J connectivity index is 1.49. The zero-order valence-electron chi connectivity index (χ0n) is 24.2. The van der Waals surface area contributed by atoms with Crippen molar-refractivity contribution in [3.63, 3.8) is 0 Å². The van der Waals surface area contributed by atoms with E-state index in [1.807, 2.05) is 0 Å². The number of para-hydroxylation sites is 1. The van der Waals surface area contributed by atoms with Gasteiger partial charge in [0, 0.05) is 40.0 Å². The third kappa shape index (κ3) is 5.51. The van der Waals surface area contributed by atoms with Crippen molar-refractivity contribution >= 4 is 61.2 Å². The predicted molar refractivity (Wildman–Crippen MR) is 169 cm³/mol. The van der Waals surface area contributed by atoms with Gasteiger partial charge in [-0.3, -0.25) is 14.4 Å². The molecule has 6 rings (SSSR count). The predicted octanol–water partition coefficient (Wildman–Crippen LogP) is 4.21. The SMILES string of the molecule is [N-]=[N+]=C1C=Cc2c(cccc2S(=O)(=O)Oc2cccc(C(=O)c3ccccc3)c2OS(=O)(=O)c2cccc3c2C=CC(=[N+]=[N-])C3=O)C1=O. The van der Waals surface area contributed by atoms with Crippen LogP contribution in [0.15, 0.2) is 107 Å². The molecule has 0 radical (unpaired) electrons. The topological polar surface area (TPSA) is 211 Å². The molecule has 0 aliphatic heterocycles. The molecule has 0 amide bonds. The van der Waals surface area contributed by atoms with E-state index in [0.717, 1.165) is 30.4 Å². The Bertz CT molecular complexity index is 2490. The maximum Gasteiger partial charge on any atom is 0.362 e. The fraction of sp³-hybridized carbons (Fsp3) is 0. The number of nitrogens with zero attached hydrogens (tertiary/aromatic N) is 4. The van der Waals surface area contributed by atoms with Gasteiger partial charge in [0.1, 0.15) is 9.79 Å². The van der Waals surface area contributed by atoms with Crippen molar-refractivity contribution in [2.45, 2.75) is 9.79 Å². The molecule has 236 valence electrons. The number of fused-ring (bicyclic) bond motifs is 2. The van der Waals surface area contributed by atoms with Crippen LogP contribution in [0.25, 0.3) is 23.2 Å². The first-order chi connectivity index (χ1) is 23.0. The maximum absolute atomic E-state index is 13.9. The van der Waals surface area contributed by atoms with Gasteiger partial charge in [-0.15, -0.1) is 0 Å². The maximum atomic E-state index is 13.9. The van der Waals surface area contributed by atoms with Crippen LogP contribution in [-0.2, 0) is 20.2 Å². The first kappa shape index (κ1) is 31.6. The van der Waals surface area contributed by atoms with Crippen LogP contribution < -0.4 is 8.37 Å². The highest BCUT2D eigenvalue weighted by molar-refractivity contribution is 7.87. The summed E-state index contributed by atoms with van der Waals surface area (Å²) in [5, 5.41) is 0. The number of Topliss-reactive ketones (excluding diaryl/α,β-unsaturated/α-hetero) is 2. The monoisotopic (exact) mass is 678 g/mol. The highest BCUT2D eigenvalue weighted by Crippen LogP contribution is 2.39. The molecule has 2 aliphatic carbocycles. The molecule has 4 aromatic carbocycles. The van der Waals surface area contributed by atoms with Crippen LogP contribution >= 0.6 is 0 Å². The minimum absolute atomic E-state index is 0.0836. The second-order valence-corrected chi connectivity index (χ2v) is 13.2. The van der Waals surface area contributed by atoms with Gasteiger partial charge in [0.05, 0.1) is 5.56 Å². The number of allylic oxidation sites excluding steroid dienone is 2. The van der Waals surface area contributed by atoms with Gasteiger partial charge in [0.15, 0.2) is 17.3 Å². The second-order valence-electron chi connectivity index (χ2n) is 10.1. The molecule has 0 N–H and O–H groups in total. The fourth-order valence-electron chi connectivity index (χ4n) is 5.08. The number of rotatable bonds is 8. The number of carbonyl (C=O) groups excluding carboxylic acids is 3. The van der Waals surface area contributed by atoms with Crippen LogP contribution in [0.2, 0.25) is 0 Å². The summed E-state index contributed by atoms with van der Waals surface area (Å²) in [4.78, 5) is 43.9. The van der Waals surface area contributed by atoms with E-state index in [4.69, 9.17) is 19.4 Å². The van der Waals surface area contributed by atoms with Crippen molar-refractivity contribution in [3.8, 4) is 11.5 Å². The van der Waals surface area contributed by atoms with Gasteiger partial charge in [-0.25, -0.2) is 0 Å². The molecule has 0 fully saturated rings. The molecule has 2 aliphatic rings.